The van der Waals surface area contributed by atoms with Crippen LogP contribution in [0.3, 0.4) is 0 Å². The molecule has 0 aliphatic heterocycles. The highest BCUT2D eigenvalue weighted by molar-refractivity contribution is 6.30. The van der Waals surface area contributed by atoms with Gasteiger partial charge in [-0.3, -0.25) is 19.1 Å². The number of nitrogen functional groups attached to an aromatic ring is 1. The summed E-state index contributed by atoms with van der Waals surface area (Å²) in [5, 5.41) is 0. The zero-order chi connectivity index (χ0) is 10.9. The van der Waals surface area contributed by atoms with Crippen LogP contribution in [0.15, 0.2) is 9.59 Å². The predicted octanol–water partition coefficient (Wildman–Crippen LogP) is -0.923. The number of alkyl halides is 1. The van der Waals surface area contributed by atoms with Gasteiger partial charge >= 0.3 is 5.69 Å². The number of nitrogens with one attached hydrogen (secondary N) is 1. The van der Waals surface area contributed by atoms with Crippen molar-refractivity contribution in [2.24, 2.45) is 7.05 Å². The van der Waals surface area contributed by atoms with E-state index in [1.54, 1.807) is 0 Å². The van der Waals surface area contributed by atoms with Crippen LogP contribution in [0.5, 0.6) is 0 Å². The maximum Gasteiger partial charge on any atom is 0.329 e. The Morgan fingerprint density at radius 1 is 1.57 bits per heavy atom. The summed E-state index contributed by atoms with van der Waals surface area (Å²) in [6.45, 7) is 0. The van der Waals surface area contributed by atoms with Crippen molar-refractivity contribution in [2.75, 3.05) is 11.6 Å². The van der Waals surface area contributed by atoms with Gasteiger partial charge in [0.25, 0.3) is 5.56 Å². The molecule has 7 heteroatoms. The van der Waals surface area contributed by atoms with E-state index in [4.69, 9.17) is 17.3 Å². The van der Waals surface area contributed by atoms with Crippen LogP contribution in [0.4, 0.5) is 5.82 Å². The fraction of sp³-hybridized carbons (Fsp3) is 0.286. The number of nitrogens with two attached hydrogens (primary N) is 1. The Labute approximate surface area is 83.3 Å². The van der Waals surface area contributed by atoms with Gasteiger partial charge in [0.15, 0.2) is 5.78 Å². The highest BCUT2D eigenvalue weighted by Crippen LogP contribution is 2.03. The molecule has 6 nitrogen and oxygen atoms in total. The van der Waals surface area contributed by atoms with E-state index in [-0.39, 0.29) is 17.3 Å². The van der Waals surface area contributed by atoms with Crippen LogP contribution in [0.25, 0.3) is 0 Å². The number of anilines is 1. The van der Waals surface area contributed by atoms with Crippen LogP contribution in [-0.2, 0) is 7.05 Å². The monoisotopic (exact) mass is 217 g/mol. The molecular formula is C7H8ClN3O3. The van der Waals surface area contributed by atoms with Crippen LogP contribution < -0.4 is 17.0 Å². The Kier molecular flexibility index (Phi) is 2.76. The highest BCUT2D eigenvalue weighted by atomic mass is 35.5. The van der Waals surface area contributed by atoms with Gasteiger partial charge in [-0.25, -0.2) is 4.79 Å². The standard InChI is InChI=1S/C7H8ClN3O3/c1-11-5(9)4(3(12)2-8)6(13)10-7(11)14/h2,9H2,1H3,(H,10,13,14). The van der Waals surface area contributed by atoms with Crippen LogP contribution in [0.1, 0.15) is 10.4 Å². The summed E-state index contributed by atoms with van der Waals surface area (Å²) < 4.78 is 0.973. The molecule has 0 aromatic carbocycles. The molecule has 0 spiro atoms. The molecule has 0 unspecified atom stereocenters. The van der Waals surface area contributed by atoms with Crippen molar-refractivity contribution >= 4 is 23.2 Å². The third-order valence-electron chi connectivity index (χ3n) is 1.77. The van der Waals surface area contributed by atoms with E-state index in [0.717, 1.165) is 4.57 Å². The Morgan fingerprint density at radius 3 is 2.64 bits per heavy atom. The van der Waals surface area contributed by atoms with Crippen LogP contribution in [-0.4, -0.2) is 21.2 Å². The summed E-state index contributed by atoms with van der Waals surface area (Å²) in [5.74, 6) is -1.14. The Balaban J connectivity index is 3.61. The SMILES string of the molecule is Cn1c(N)c(C(=O)CCl)c(=O)[nH]c1=O. The molecule has 14 heavy (non-hydrogen) atoms. The molecular weight excluding hydrogens is 210 g/mol. The van der Waals surface area contributed by atoms with Gasteiger partial charge in [0.2, 0.25) is 0 Å². The third-order valence-corrected chi connectivity index (χ3v) is 2.01. The first kappa shape index (κ1) is 10.5. The first-order chi connectivity index (χ1) is 6.49. The van der Waals surface area contributed by atoms with Crippen molar-refractivity contribution < 1.29 is 4.79 Å². The number of aromatic nitrogens is 2. The molecule has 0 saturated carbocycles. The zero-order valence-corrected chi connectivity index (χ0v) is 8.09. The van der Waals surface area contributed by atoms with Crippen molar-refractivity contribution in [3.63, 3.8) is 0 Å². The van der Waals surface area contributed by atoms with E-state index in [0.29, 0.717) is 0 Å². The number of rotatable bonds is 2. The van der Waals surface area contributed by atoms with Gasteiger partial charge in [0, 0.05) is 7.05 Å². The van der Waals surface area contributed by atoms with Crippen LogP contribution in [0.2, 0.25) is 0 Å². The topological polar surface area (TPSA) is 97.9 Å². The molecule has 0 bridgehead atoms. The van der Waals surface area contributed by atoms with E-state index in [1.807, 2.05) is 4.98 Å². The summed E-state index contributed by atoms with van der Waals surface area (Å²) in [6.07, 6.45) is 0. The Hall–Kier alpha value is -1.56. The van der Waals surface area contributed by atoms with Gasteiger partial charge in [-0.05, 0) is 0 Å². The maximum atomic E-state index is 11.2. The van der Waals surface area contributed by atoms with E-state index >= 15 is 0 Å². The fourth-order valence-electron chi connectivity index (χ4n) is 0.973. The largest absolute Gasteiger partial charge is 0.384 e. The van der Waals surface area contributed by atoms with E-state index in [2.05, 4.69) is 0 Å². The number of carbonyl (C=O) groups is 1. The van der Waals surface area contributed by atoms with Crippen molar-refractivity contribution in [3.05, 3.63) is 26.4 Å². The molecule has 0 aliphatic rings. The molecule has 1 aromatic rings. The average Bonchev–Trinajstić information content (AvgIpc) is 2.14. The van der Waals surface area contributed by atoms with Gasteiger partial charge in [-0.15, -0.1) is 11.6 Å². The Morgan fingerprint density at radius 2 is 2.14 bits per heavy atom. The normalized spacial score (nSPS) is 10.1. The second kappa shape index (κ2) is 3.67. The fourth-order valence-corrected chi connectivity index (χ4v) is 1.11. The van der Waals surface area contributed by atoms with Crippen LogP contribution in [0, 0.1) is 0 Å². The lowest BCUT2D eigenvalue weighted by Crippen LogP contribution is -2.35. The summed E-state index contributed by atoms with van der Waals surface area (Å²) in [4.78, 5) is 35.3. The third kappa shape index (κ3) is 1.56. The van der Waals surface area contributed by atoms with Crippen molar-refractivity contribution in [1.82, 2.24) is 9.55 Å². The number of H-pyrrole nitrogens is 1. The number of hydrogen-bond donors (Lipinski definition) is 2. The molecule has 1 aromatic heterocycles. The number of nitrogens with zero attached hydrogens (tertiary/aromatic N) is 1. The molecule has 3 N–H and O–H groups in total. The minimum atomic E-state index is -0.809. The van der Waals surface area contributed by atoms with E-state index in [9.17, 15) is 14.4 Å². The second-order valence-electron chi connectivity index (χ2n) is 2.64. The number of ketones is 1. The number of halogens is 1. The first-order valence-corrected chi connectivity index (χ1v) is 4.20. The first-order valence-electron chi connectivity index (χ1n) is 3.67. The molecule has 0 amide bonds. The van der Waals surface area contributed by atoms with Crippen molar-refractivity contribution in [3.8, 4) is 0 Å². The molecule has 0 fully saturated rings. The summed E-state index contributed by atoms with van der Waals surface area (Å²) in [7, 11) is 1.35. The second-order valence-corrected chi connectivity index (χ2v) is 2.90. The summed E-state index contributed by atoms with van der Waals surface area (Å²) in [6, 6.07) is 0. The molecule has 76 valence electrons. The molecule has 1 heterocycles. The Bertz CT molecular complexity index is 488. The lowest BCUT2D eigenvalue weighted by atomic mass is 10.2. The number of carbonyl (C=O) groups excluding carboxylic acids is 1. The summed E-state index contributed by atoms with van der Waals surface area (Å²) in [5.41, 5.74) is 3.67. The predicted molar refractivity (Wildman–Crippen MR) is 51.8 cm³/mol. The van der Waals surface area contributed by atoms with Crippen molar-refractivity contribution in [1.29, 1.82) is 0 Å². The molecule has 0 saturated heterocycles. The number of Topliss-reactive ketones (excluding diaryl/α,β-unsaturated/α-hetero) is 1. The van der Waals surface area contributed by atoms with Gasteiger partial charge in [-0.1, -0.05) is 0 Å². The van der Waals surface area contributed by atoms with Gasteiger partial charge < -0.3 is 5.73 Å². The maximum absolute atomic E-state index is 11.2. The van der Waals surface area contributed by atoms with Gasteiger partial charge in [-0.2, -0.15) is 0 Å². The quantitative estimate of drug-likeness (QED) is 0.494. The lowest BCUT2D eigenvalue weighted by molar-refractivity contribution is 0.102. The minimum absolute atomic E-state index is 0.176. The van der Waals surface area contributed by atoms with Gasteiger partial charge in [0.05, 0.1) is 5.88 Å². The molecule has 0 aliphatic carbocycles. The van der Waals surface area contributed by atoms with E-state index in [1.165, 1.54) is 7.05 Å². The number of aromatic amines is 1. The highest BCUT2D eigenvalue weighted by Gasteiger charge is 2.16. The molecule has 0 radical (unpaired) electrons. The average molecular weight is 218 g/mol. The van der Waals surface area contributed by atoms with Crippen molar-refractivity contribution in [2.45, 2.75) is 0 Å². The summed E-state index contributed by atoms with van der Waals surface area (Å²) >= 11 is 5.28. The smallest absolute Gasteiger partial charge is 0.329 e. The van der Waals surface area contributed by atoms with E-state index < -0.39 is 17.0 Å². The van der Waals surface area contributed by atoms with Crippen LogP contribution >= 0.6 is 11.6 Å². The molecule has 1 rings (SSSR count). The zero-order valence-electron chi connectivity index (χ0n) is 7.33. The minimum Gasteiger partial charge on any atom is -0.384 e. The number of hydrogen-bond acceptors (Lipinski definition) is 4. The van der Waals surface area contributed by atoms with Gasteiger partial charge in [0.1, 0.15) is 11.4 Å². The lowest BCUT2D eigenvalue weighted by Gasteiger charge is -2.05. The molecule has 0 atom stereocenters.